The Morgan fingerprint density at radius 3 is 2.90 bits per heavy atom. The Morgan fingerprint density at radius 1 is 1.29 bits per heavy atom. The molecule has 2 amide bonds. The van der Waals surface area contributed by atoms with Gasteiger partial charge < -0.3 is 19.7 Å². The smallest absolute Gasteiger partial charge is 0.231 e. The van der Waals surface area contributed by atoms with Gasteiger partial charge in [-0.1, -0.05) is 29.2 Å². The van der Waals surface area contributed by atoms with Crippen LogP contribution in [0.1, 0.15) is 11.3 Å². The fourth-order valence-corrected chi connectivity index (χ4v) is 5.71. The zero-order valence-corrected chi connectivity index (χ0v) is 19.3. The van der Waals surface area contributed by atoms with Gasteiger partial charge in [-0.3, -0.25) is 9.59 Å². The molecular formula is C20H20N4O4S3. The van der Waals surface area contributed by atoms with Crippen molar-refractivity contribution in [3.8, 4) is 11.5 Å². The van der Waals surface area contributed by atoms with Crippen molar-refractivity contribution in [1.82, 2.24) is 10.2 Å². The fraction of sp³-hybridized carbons (Fsp3) is 0.300. The van der Waals surface area contributed by atoms with E-state index in [4.69, 9.17) is 9.47 Å². The number of carbonyl (C=O) groups is 2. The summed E-state index contributed by atoms with van der Waals surface area (Å²) >= 11 is 4.60. The maximum atomic E-state index is 12.8. The van der Waals surface area contributed by atoms with Crippen LogP contribution in [0.3, 0.4) is 0 Å². The zero-order chi connectivity index (χ0) is 21.8. The van der Waals surface area contributed by atoms with Crippen LogP contribution in [0.2, 0.25) is 0 Å². The molecule has 1 N–H and O–H groups in total. The van der Waals surface area contributed by atoms with Gasteiger partial charge in [-0.15, -0.1) is 21.5 Å². The standard InChI is InChI=1S/C20H20N4O4S3/c1-27-13-5-6-16(28-2)15(9-13)24-10-12(8-17(24)25)18(26)21-19-22-23-20(31-19)30-11-14-4-3-7-29-14/h3-7,9,12H,8,10-11H2,1-2H3,(H,21,22,26). The molecule has 162 valence electrons. The van der Waals surface area contributed by atoms with Gasteiger partial charge in [0.1, 0.15) is 11.5 Å². The summed E-state index contributed by atoms with van der Waals surface area (Å²) in [5.41, 5.74) is 0.588. The second-order valence-corrected chi connectivity index (χ2v) is 9.91. The van der Waals surface area contributed by atoms with Crippen molar-refractivity contribution in [3.63, 3.8) is 0 Å². The lowest BCUT2D eigenvalue weighted by atomic mass is 10.1. The Morgan fingerprint density at radius 2 is 2.16 bits per heavy atom. The van der Waals surface area contributed by atoms with E-state index in [2.05, 4.69) is 21.6 Å². The molecule has 0 saturated carbocycles. The minimum Gasteiger partial charge on any atom is -0.497 e. The summed E-state index contributed by atoms with van der Waals surface area (Å²) in [6.45, 7) is 0.257. The summed E-state index contributed by atoms with van der Waals surface area (Å²) in [7, 11) is 3.10. The number of nitrogens with one attached hydrogen (secondary N) is 1. The van der Waals surface area contributed by atoms with Crippen molar-refractivity contribution in [3.05, 3.63) is 40.6 Å². The van der Waals surface area contributed by atoms with Crippen molar-refractivity contribution in [2.24, 2.45) is 5.92 Å². The summed E-state index contributed by atoms with van der Waals surface area (Å²) < 4.78 is 11.4. The number of thiophene rings is 1. The normalized spacial score (nSPS) is 15.9. The van der Waals surface area contributed by atoms with Gasteiger partial charge >= 0.3 is 0 Å². The molecule has 3 aromatic rings. The molecule has 11 heteroatoms. The number of thioether (sulfide) groups is 1. The van der Waals surface area contributed by atoms with Gasteiger partial charge in [-0.05, 0) is 23.6 Å². The second kappa shape index (κ2) is 9.67. The van der Waals surface area contributed by atoms with E-state index in [9.17, 15) is 9.59 Å². The molecule has 0 bridgehead atoms. The van der Waals surface area contributed by atoms with Crippen LogP contribution >= 0.6 is 34.4 Å². The molecule has 0 radical (unpaired) electrons. The van der Waals surface area contributed by atoms with Gasteiger partial charge in [-0.2, -0.15) is 0 Å². The van der Waals surface area contributed by atoms with Gasteiger partial charge in [0.25, 0.3) is 0 Å². The summed E-state index contributed by atoms with van der Waals surface area (Å²) in [5, 5.41) is 13.5. The predicted molar refractivity (Wildman–Crippen MR) is 122 cm³/mol. The summed E-state index contributed by atoms with van der Waals surface area (Å²) in [6.07, 6.45) is 0.116. The molecule has 0 aliphatic carbocycles. The van der Waals surface area contributed by atoms with E-state index in [1.807, 2.05) is 11.4 Å². The molecule has 1 atom stereocenters. The first-order valence-electron chi connectivity index (χ1n) is 9.39. The van der Waals surface area contributed by atoms with Crippen LogP contribution in [0.15, 0.2) is 40.1 Å². The number of carbonyl (C=O) groups excluding carboxylic acids is 2. The molecule has 2 aromatic heterocycles. The van der Waals surface area contributed by atoms with E-state index in [1.165, 1.54) is 16.2 Å². The van der Waals surface area contributed by atoms with Gasteiger partial charge in [0.2, 0.25) is 16.9 Å². The number of ether oxygens (including phenoxy) is 2. The first kappa shape index (κ1) is 21.6. The molecule has 1 aliphatic rings. The first-order valence-corrected chi connectivity index (χ1v) is 12.1. The van der Waals surface area contributed by atoms with Crippen LogP contribution in [-0.4, -0.2) is 42.8 Å². The molecule has 31 heavy (non-hydrogen) atoms. The average molecular weight is 477 g/mol. The van der Waals surface area contributed by atoms with E-state index in [0.717, 1.165) is 10.1 Å². The highest BCUT2D eigenvalue weighted by molar-refractivity contribution is 8.00. The molecule has 3 heterocycles. The number of hydrogen-bond donors (Lipinski definition) is 1. The second-order valence-electron chi connectivity index (χ2n) is 6.67. The highest BCUT2D eigenvalue weighted by Crippen LogP contribution is 2.36. The van der Waals surface area contributed by atoms with Crippen molar-refractivity contribution in [2.75, 3.05) is 31.0 Å². The van der Waals surface area contributed by atoms with E-state index < -0.39 is 5.92 Å². The minimum absolute atomic E-state index is 0.116. The molecule has 4 rings (SSSR count). The highest BCUT2D eigenvalue weighted by Gasteiger charge is 2.36. The van der Waals surface area contributed by atoms with Gasteiger partial charge in [-0.25, -0.2) is 0 Å². The number of amides is 2. The number of aromatic nitrogens is 2. The molecule has 1 saturated heterocycles. The highest BCUT2D eigenvalue weighted by atomic mass is 32.2. The van der Waals surface area contributed by atoms with Gasteiger partial charge in [0.05, 0.1) is 25.8 Å². The maximum Gasteiger partial charge on any atom is 0.231 e. The lowest BCUT2D eigenvalue weighted by Crippen LogP contribution is -2.28. The first-order chi connectivity index (χ1) is 15.1. The van der Waals surface area contributed by atoms with Crippen LogP contribution in [-0.2, 0) is 15.3 Å². The monoisotopic (exact) mass is 476 g/mol. The lowest BCUT2D eigenvalue weighted by Gasteiger charge is -2.20. The molecule has 0 spiro atoms. The van der Waals surface area contributed by atoms with Crippen LogP contribution < -0.4 is 19.7 Å². The van der Waals surface area contributed by atoms with Gasteiger partial charge in [0, 0.05) is 29.7 Å². The summed E-state index contributed by atoms with van der Waals surface area (Å²) in [4.78, 5) is 28.2. The van der Waals surface area contributed by atoms with E-state index in [1.54, 1.807) is 60.4 Å². The van der Waals surface area contributed by atoms with E-state index in [-0.39, 0.29) is 24.8 Å². The largest absolute Gasteiger partial charge is 0.497 e. The predicted octanol–water partition coefficient (Wildman–Crippen LogP) is 3.90. The van der Waals surface area contributed by atoms with Crippen LogP contribution in [0, 0.1) is 5.92 Å². The van der Waals surface area contributed by atoms with Crippen LogP contribution in [0.25, 0.3) is 0 Å². The Kier molecular flexibility index (Phi) is 6.73. The Balaban J connectivity index is 1.39. The minimum atomic E-state index is -0.491. The maximum absolute atomic E-state index is 12.8. The molecule has 1 aromatic carbocycles. The number of hydrogen-bond acceptors (Lipinski definition) is 9. The fourth-order valence-electron chi connectivity index (χ4n) is 3.18. The van der Waals surface area contributed by atoms with Crippen LogP contribution in [0.5, 0.6) is 11.5 Å². The molecule has 1 fully saturated rings. The lowest BCUT2D eigenvalue weighted by molar-refractivity contribution is -0.122. The van der Waals surface area contributed by atoms with Crippen LogP contribution in [0.4, 0.5) is 10.8 Å². The quantitative estimate of drug-likeness (QED) is 0.389. The molecule has 1 aliphatic heterocycles. The third-order valence-electron chi connectivity index (χ3n) is 4.73. The molecule has 8 nitrogen and oxygen atoms in total. The third kappa shape index (κ3) is 5.00. The zero-order valence-electron chi connectivity index (χ0n) is 16.9. The Labute approximate surface area is 191 Å². The average Bonchev–Trinajstić information content (AvgIpc) is 3.53. The number of anilines is 2. The third-order valence-corrected chi connectivity index (χ3v) is 7.81. The van der Waals surface area contributed by atoms with Crippen molar-refractivity contribution < 1.29 is 19.1 Å². The number of nitrogens with zero attached hydrogens (tertiary/aromatic N) is 3. The number of methoxy groups -OCH3 is 2. The van der Waals surface area contributed by atoms with E-state index >= 15 is 0 Å². The Hall–Kier alpha value is -2.63. The Bertz CT molecular complexity index is 1070. The van der Waals surface area contributed by atoms with Crippen molar-refractivity contribution >= 4 is 57.1 Å². The topological polar surface area (TPSA) is 93.7 Å². The summed E-state index contributed by atoms with van der Waals surface area (Å²) in [5.74, 6) is 1.09. The van der Waals surface area contributed by atoms with E-state index in [0.29, 0.717) is 22.3 Å². The summed E-state index contributed by atoms with van der Waals surface area (Å²) in [6, 6.07) is 9.32. The van der Waals surface area contributed by atoms with Crippen molar-refractivity contribution in [1.29, 1.82) is 0 Å². The van der Waals surface area contributed by atoms with Gasteiger partial charge in [0.15, 0.2) is 4.34 Å². The number of benzene rings is 1. The van der Waals surface area contributed by atoms with Crippen molar-refractivity contribution in [2.45, 2.75) is 16.5 Å². The SMILES string of the molecule is COc1ccc(OC)c(N2CC(C(=O)Nc3nnc(SCc4cccs4)s3)CC2=O)c1. The molecular weight excluding hydrogens is 456 g/mol. The molecule has 1 unspecified atom stereocenters. The number of rotatable bonds is 8.